The minimum atomic E-state index is 0.632. The van der Waals surface area contributed by atoms with Crippen LogP contribution in [0.1, 0.15) is 25.1 Å². The van der Waals surface area contributed by atoms with Crippen molar-refractivity contribution < 1.29 is 9.26 Å². The van der Waals surface area contributed by atoms with Crippen molar-refractivity contribution in [3.05, 3.63) is 42.0 Å². The van der Waals surface area contributed by atoms with E-state index >= 15 is 0 Å². The molecule has 1 heterocycles. The van der Waals surface area contributed by atoms with Gasteiger partial charge in [0.15, 0.2) is 11.8 Å². The second-order valence-electron chi connectivity index (χ2n) is 5.19. The number of hydrogen-bond donors (Lipinski definition) is 2. The van der Waals surface area contributed by atoms with Crippen molar-refractivity contribution in [2.24, 2.45) is 4.99 Å². The zero-order valence-electron chi connectivity index (χ0n) is 14.3. The zero-order chi connectivity index (χ0) is 17.0. The lowest BCUT2D eigenvalue weighted by molar-refractivity contribution is 0.313. The number of aryl methyl sites for hydroxylation is 1. The van der Waals surface area contributed by atoms with E-state index < -0.39 is 0 Å². The lowest BCUT2D eigenvalue weighted by Crippen LogP contribution is -2.38. The summed E-state index contributed by atoms with van der Waals surface area (Å²) in [6.45, 7) is 6.69. The van der Waals surface area contributed by atoms with E-state index in [-0.39, 0.29) is 0 Å². The number of benzene rings is 1. The van der Waals surface area contributed by atoms with Gasteiger partial charge in [-0.1, -0.05) is 23.4 Å². The normalized spacial score (nSPS) is 11.3. The molecule has 7 nitrogen and oxygen atoms in total. The summed E-state index contributed by atoms with van der Waals surface area (Å²) in [4.78, 5) is 8.70. The van der Waals surface area contributed by atoms with Gasteiger partial charge in [-0.25, -0.2) is 0 Å². The highest BCUT2D eigenvalue weighted by Crippen LogP contribution is 2.08. The molecule has 1 aromatic heterocycles. The smallest absolute Gasteiger partial charge is 0.228 e. The molecular formula is C17H25N5O2. The summed E-state index contributed by atoms with van der Waals surface area (Å²) >= 11 is 0. The van der Waals surface area contributed by atoms with Crippen LogP contribution >= 0.6 is 0 Å². The summed E-state index contributed by atoms with van der Waals surface area (Å²) in [5, 5.41) is 10.2. The molecule has 0 aliphatic carbocycles. The van der Waals surface area contributed by atoms with Gasteiger partial charge in [0, 0.05) is 32.5 Å². The first-order valence-electron chi connectivity index (χ1n) is 8.27. The van der Waals surface area contributed by atoms with E-state index in [4.69, 9.17) is 9.26 Å². The van der Waals surface area contributed by atoms with E-state index in [1.807, 2.05) is 44.2 Å². The Hall–Kier alpha value is -2.57. The molecule has 2 rings (SSSR count). The number of guanidine groups is 1. The molecular weight excluding hydrogens is 306 g/mol. The fourth-order valence-corrected chi connectivity index (χ4v) is 2.03. The van der Waals surface area contributed by atoms with Gasteiger partial charge in [-0.05, 0) is 26.0 Å². The molecule has 0 aliphatic heterocycles. The summed E-state index contributed by atoms with van der Waals surface area (Å²) in [5.41, 5.74) is 0. The predicted octanol–water partition coefficient (Wildman–Crippen LogP) is 1.94. The van der Waals surface area contributed by atoms with Gasteiger partial charge in [0.2, 0.25) is 5.89 Å². The van der Waals surface area contributed by atoms with Crippen molar-refractivity contribution in [3.8, 4) is 5.75 Å². The van der Waals surface area contributed by atoms with E-state index in [9.17, 15) is 0 Å². The maximum absolute atomic E-state index is 5.65. The number of aliphatic imine (C=N–C) groups is 1. The number of rotatable bonds is 9. The number of nitrogens with zero attached hydrogens (tertiary/aromatic N) is 3. The molecule has 0 aliphatic rings. The lowest BCUT2D eigenvalue weighted by atomic mass is 10.3. The number of nitrogens with one attached hydrogen (secondary N) is 2. The standard InChI is InChI=1S/C17H25N5O2/c1-3-18-17(20-12-10-16-21-14(2)22-24-16)19-11-7-13-23-15-8-5-4-6-9-15/h4-6,8-9H,3,7,10-13H2,1-2H3,(H2,18,19,20). The average molecular weight is 331 g/mol. The van der Waals surface area contributed by atoms with Crippen LogP contribution in [0.15, 0.2) is 39.8 Å². The van der Waals surface area contributed by atoms with Gasteiger partial charge in [0.25, 0.3) is 0 Å². The van der Waals surface area contributed by atoms with Gasteiger partial charge >= 0.3 is 0 Å². The monoisotopic (exact) mass is 331 g/mol. The molecule has 7 heteroatoms. The molecule has 0 unspecified atom stereocenters. The third kappa shape index (κ3) is 6.68. The highest BCUT2D eigenvalue weighted by atomic mass is 16.5. The Morgan fingerprint density at radius 2 is 2.08 bits per heavy atom. The SMILES string of the molecule is CCNC(=NCCCOc1ccccc1)NCCc1nc(C)no1. The first-order chi connectivity index (χ1) is 11.8. The Balaban J connectivity index is 1.66. The van der Waals surface area contributed by atoms with E-state index in [0.29, 0.717) is 37.8 Å². The van der Waals surface area contributed by atoms with Gasteiger partial charge in [0.1, 0.15) is 5.75 Å². The van der Waals surface area contributed by atoms with E-state index in [1.54, 1.807) is 0 Å². The molecule has 0 fully saturated rings. The van der Waals surface area contributed by atoms with Crippen LogP contribution in [0.2, 0.25) is 0 Å². The van der Waals surface area contributed by atoms with Crippen molar-refractivity contribution in [3.63, 3.8) is 0 Å². The lowest BCUT2D eigenvalue weighted by Gasteiger charge is -2.10. The van der Waals surface area contributed by atoms with Crippen molar-refractivity contribution in [1.29, 1.82) is 0 Å². The summed E-state index contributed by atoms with van der Waals surface area (Å²) < 4.78 is 10.7. The van der Waals surface area contributed by atoms with Crippen LogP contribution in [0.4, 0.5) is 0 Å². The Kier molecular flexibility index (Phi) is 7.59. The Morgan fingerprint density at radius 3 is 2.79 bits per heavy atom. The molecule has 0 saturated heterocycles. The minimum absolute atomic E-state index is 0.632. The Morgan fingerprint density at radius 1 is 1.25 bits per heavy atom. The molecule has 0 amide bonds. The van der Waals surface area contributed by atoms with E-state index in [2.05, 4.69) is 25.8 Å². The highest BCUT2D eigenvalue weighted by molar-refractivity contribution is 5.79. The van der Waals surface area contributed by atoms with Gasteiger partial charge in [0.05, 0.1) is 6.61 Å². The Labute approximate surface area is 142 Å². The number of para-hydroxylation sites is 1. The van der Waals surface area contributed by atoms with Crippen molar-refractivity contribution in [2.45, 2.75) is 26.7 Å². The van der Waals surface area contributed by atoms with Crippen molar-refractivity contribution in [1.82, 2.24) is 20.8 Å². The summed E-state index contributed by atoms with van der Waals surface area (Å²) in [5.74, 6) is 2.96. The fourth-order valence-electron chi connectivity index (χ4n) is 2.03. The third-order valence-electron chi connectivity index (χ3n) is 3.13. The first kappa shape index (κ1) is 17.8. The fraction of sp³-hybridized carbons (Fsp3) is 0.471. The molecule has 0 saturated carbocycles. The molecule has 2 aromatic rings. The molecule has 0 atom stereocenters. The molecule has 0 spiro atoms. The van der Waals surface area contributed by atoms with Gasteiger partial charge in [-0.15, -0.1) is 0 Å². The van der Waals surface area contributed by atoms with Crippen LogP contribution < -0.4 is 15.4 Å². The van der Waals surface area contributed by atoms with E-state index in [1.165, 1.54) is 0 Å². The van der Waals surface area contributed by atoms with Crippen LogP contribution in [0.3, 0.4) is 0 Å². The van der Waals surface area contributed by atoms with Gasteiger partial charge < -0.3 is 19.9 Å². The molecule has 1 aromatic carbocycles. The molecule has 0 radical (unpaired) electrons. The predicted molar refractivity (Wildman–Crippen MR) is 93.3 cm³/mol. The summed E-state index contributed by atoms with van der Waals surface area (Å²) in [6.07, 6.45) is 1.52. The third-order valence-corrected chi connectivity index (χ3v) is 3.13. The van der Waals surface area contributed by atoms with Crippen LogP contribution in [-0.2, 0) is 6.42 Å². The topological polar surface area (TPSA) is 84.6 Å². The second kappa shape index (κ2) is 10.3. The van der Waals surface area contributed by atoms with Crippen molar-refractivity contribution in [2.75, 3.05) is 26.2 Å². The first-order valence-corrected chi connectivity index (χ1v) is 8.27. The maximum Gasteiger partial charge on any atom is 0.228 e. The number of ether oxygens (including phenoxy) is 1. The second-order valence-corrected chi connectivity index (χ2v) is 5.19. The molecule has 0 bridgehead atoms. The quantitative estimate of drug-likeness (QED) is 0.415. The number of hydrogen-bond acceptors (Lipinski definition) is 5. The van der Waals surface area contributed by atoms with Crippen LogP contribution in [0.5, 0.6) is 5.75 Å². The largest absolute Gasteiger partial charge is 0.494 e. The maximum atomic E-state index is 5.65. The number of aromatic nitrogens is 2. The van der Waals surface area contributed by atoms with Crippen LogP contribution in [-0.4, -0.2) is 42.3 Å². The van der Waals surface area contributed by atoms with Crippen molar-refractivity contribution >= 4 is 5.96 Å². The molecule has 130 valence electrons. The van der Waals surface area contributed by atoms with E-state index in [0.717, 1.165) is 24.7 Å². The summed E-state index contributed by atoms with van der Waals surface area (Å²) in [7, 11) is 0. The molecule has 2 N–H and O–H groups in total. The molecule has 24 heavy (non-hydrogen) atoms. The zero-order valence-corrected chi connectivity index (χ0v) is 14.3. The highest BCUT2D eigenvalue weighted by Gasteiger charge is 2.03. The Bertz CT molecular complexity index is 612. The average Bonchev–Trinajstić information content (AvgIpc) is 3.01. The van der Waals surface area contributed by atoms with Gasteiger partial charge in [-0.3, -0.25) is 4.99 Å². The minimum Gasteiger partial charge on any atom is -0.494 e. The summed E-state index contributed by atoms with van der Waals surface area (Å²) in [6, 6.07) is 9.81. The van der Waals surface area contributed by atoms with Crippen LogP contribution in [0, 0.1) is 6.92 Å². The van der Waals surface area contributed by atoms with Gasteiger partial charge in [-0.2, -0.15) is 4.98 Å². The van der Waals surface area contributed by atoms with Crippen LogP contribution in [0.25, 0.3) is 0 Å².